The average Bonchev–Trinajstić information content (AvgIpc) is 2.16. The standard InChI is InChI=1S/C9H10N2O2/c1-2-7(10)6-4-3-5-11-8(6)9(12)13/h2-5,7H,1,10H2,(H,12,13). The summed E-state index contributed by atoms with van der Waals surface area (Å²) in [5.74, 6) is -1.08. The zero-order chi connectivity index (χ0) is 9.84. The first kappa shape index (κ1) is 9.41. The predicted molar refractivity (Wildman–Crippen MR) is 48.3 cm³/mol. The molecule has 13 heavy (non-hydrogen) atoms. The SMILES string of the molecule is C=CC(N)c1cccnc1C(=O)O. The second-order valence-corrected chi connectivity index (χ2v) is 2.51. The molecule has 0 spiro atoms. The van der Waals surface area contributed by atoms with E-state index in [1.165, 1.54) is 12.3 Å². The van der Waals surface area contributed by atoms with E-state index in [4.69, 9.17) is 10.8 Å². The van der Waals surface area contributed by atoms with Crippen LogP contribution in [0.3, 0.4) is 0 Å². The summed E-state index contributed by atoms with van der Waals surface area (Å²) in [6.45, 7) is 3.49. The van der Waals surface area contributed by atoms with E-state index in [0.29, 0.717) is 5.56 Å². The van der Waals surface area contributed by atoms with Crippen molar-refractivity contribution in [1.82, 2.24) is 4.98 Å². The molecule has 68 valence electrons. The molecular formula is C9H10N2O2. The highest BCUT2D eigenvalue weighted by Crippen LogP contribution is 2.14. The summed E-state index contributed by atoms with van der Waals surface area (Å²) in [7, 11) is 0. The van der Waals surface area contributed by atoms with Gasteiger partial charge in [-0.15, -0.1) is 6.58 Å². The number of nitrogens with two attached hydrogens (primary N) is 1. The molecule has 0 saturated heterocycles. The second kappa shape index (κ2) is 3.82. The molecule has 0 fully saturated rings. The minimum atomic E-state index is -1.08. The van der Waals surface area contributed by atoms with Gasteiger partial charge in [-0.3, -0.25) is 0 Å². The van der Waals surface area contributed by atoms with E-state index in [1.54, 1.807) is 12.1 Å². The first-order valence-electron chi connectivity index (χ1n) is 3.73. The average molecular weight is 178 g/mol. The summed E-state index contributed by atoms with van der Waals surface area (Å²) in [6.07, 6.45) is 2.90. The van der Waals surface area contributed by atoms with Crippen LogP contribution in [0.4, 0.5) is 0 Å². The molecule has 0 aromatic carbocycles. The number of aromatic carboxylic acids is 1. The number of carbonyl (C=O) groups is 1. The van der Waals surface area contributed by atoms with Gasteiger partial charge in [0.2, 0.25) is 0 Å². The molecule has 0 amide bonds. The van der Waals surface area contributed by atoms with Crippen molar-refractivity contribution in [2.45, 2.75) is 6.04 Å². The van der Waals surface area contributed by atoms with Crippen molar-refractivity contribution >= 4 is 5.97 Å². The highest BCUT2D eigenvalue weighted by Gasteiger charge is 2.13. The molecule has 0 bridgehead atoms. The Morgan fingerprint density at radius 1 is 1.77 bits per heavy atom. The molecule has 0 saturated carbocycles. The summed E-state index contributed by atoms with van der Waals surface area (Å²) in [6, 6.07) is 2.79. The molecule has 0 aliphatic rings. The third kappa shape index (κ3) is 1.91. The Balaban J connectivity index is 3.19. The van der Waals surface area contributed by atoms with Gasteiger partial charge in [-0.25, -0.2) is 9.78 Å². The summed E-state index contributed by atoms with van der Waals surface area (Å²) in [4.78, 5) is 14.4. The zero-order valence-electron chi connectivity index (χ0n) is 6.97. The van der Waals surface area contributed by atoms with Crippen LogP contribution in [0, 0.1) is 0 Å². The Hall–Kier alpha value is -1.68. The summed E-state index contributed by atoms with van der Waals surface area (Å²) in [5.41, 5.74) is 6.07. The zero-order valence-corrected chi connectivity index (χ0v) is 6.97. The lowest BCUT2D eigenvalue weighted by Gasteiger charge is -2.08. The molecule has 0 aliphatic carbocycles. The normalized spacial score (nSPS) is 12.1. The minimum Gasteiger partial charge on any atom is -0.477 e. The molecular weight excluding hydrogens is 168 g/mol. The summed E-state index contributed by atoms with van der Waals surface area (Å²) < 4.78 is 0. The van der Waals surface area contributed by atoms with Crippen LogP contribution >= 0.6 is 0 Å². The monoisotopic (exact) mass is 178 g/mol. The third-order valence-corrected chi connectivity index (χ3v) is 1.65. The van der Waals surface area contributed by atoms with Gasteiger partial charge in [0.1, 0.15) is 0 Å². The lowest BCUT2D eigenvalue weighted by Crippen LogP contribution is -2.13. The van der Waals surface area contributed by atoms with Crippen molar-refractivity contribution in [3.05, 3.63) is 42.2 Å². The van der Waals surface area contributed by atoms with Crippen molar-refractivity contribution in [1.29, 1.82) is 0 Å². The summed E-state index contributed by atoms with van der Waals surface area (Å²) >= 11 is 0. The van der Waals surface area contributed by atoms with Gasteiger partial charge in [0, 0.05) is 11.8 Å². The number of aromatic nitrogens is 1. The fourth-order valence-corrected chi connectivity index (χ4v) is 0.992. The van der Waals surface area contributed by atoms with E-state index in [0.717, 1.165) is 0 Å². The molecule has 4 nitrogen and oxygen atoms in total. The molecule has 1 heterocycles. The number of pyridine rings is 1. The fourth-order valence-electron chi connectivity index (χ4n) is 0.992. The number of rotatable bonds is 3. The van der Waals surface area contributed by atoms with Gasteiger partial charge in [0.25, 0.3) is 0 Å². The number of hydrogen-bond acceptors (Lipinski definition) is 3. The molecule has 3 N–H and O–H groups in total. The Bertz CT molecular complexity index is 336. The van der Waals surface area contributed by atoms with Gasteiger partial charge in [-0.2, -0.15) is 0 Å². The van der Waals surface area contributed by atoms with Gasteiger partial charge >= 0.3 is 5.97 Å². The smallest absolute Gasteiger partial charge is 0.354 e. The van der Waals surface area contributed by atoms with Crippen LogP contribution in [0.25, 0.3) is 0 Å². The van der Waals surface area contributed by atoms with Gasteiger partial charge in [0.05, 0.1) is 6.04 Å². The number of carboxylic acids is 1. The summed E-state index contributed by atoms with van der Waals surface area (Å²) in [5, 5.41) is 8.76. The lowest BCUT2D eigenvalue weighted by molar-refractivity contribution is 0.0689. The lowest BCUT2D eigenvalue weighted by atomic mass is 10.1. The van der Waals surface area contributed by atoms with Gasteiger partial charge in [-0.1, -0.05) is 12.1 Å². The molecule has 1 atom stereocenters. The first-order chi connectivity index (χ1) is 6.16. The second-order valence-electron chi connectivity index (χ2n) is 2.51. The van der Waals surface area contributed by atoms with Crippen LogP contribution in [0.15, 0.2) is 31.0 Å². The van der Waals surface area contributed by atoms with Crippen molar-refractivity contribution in [3.63, 3.8) is 0 Å². The van der Waals surface area contributed by atoms with Gasteiger partial charge in [-0.05, 0) is 6.07 Å². The predicted octanol–water partition coefficient (Wildman–Crippen LogP) is 0.966. The molecule has 0 aliphatic heterocycles. The van der Waals surface area contributed by atoms with Crippen LogP contribution < -0.4 is 5.73 Å². The highest BCUT2D eigenvalue weighted by atomic mass is 16.4. The fraction of sp³-hybridized carbons (Fsp3) is 0.111. The number of carboxylic acid groups (broad SMARTS) is 1. The van der Waals surface area contributed by atoms with E-state index in [-0.39, 0.29) is 5.69 Å². The molecule has 1 unspecified atom stereocenters. The number of nitrogens with zero attached hydrogens (tertiary/aromatic N) is 1. The van der Waals surface area contributed by atoms with E-state index >= 15 is 0 Å². The maximum atomic E-state index is 10.7. The maximum absolute atomic E-state index is 10.7. The molecule has 1 rings (SSSR count). The van der Waals surface area contributed by atoms with Crippen molar-refractivity contribution in [2.24, 2.45) is 5.73 Å². The van der Waals surface area contributed by atoms with Gasteiger partial charge in [0.15, 0.2) is 5.69 Å². The molecule has 1 aromatic heterocycles. The molecule has 4 heteroatoms. The largest absolute Gasteiger partial charge is 0.477 e. The van der Waals surface area contributed by atoms with Gasteiger partial charge < -0.3 is 10.8 Å². The maximum Gasteiger partial charge on any atom is 0.354 e. The topological polar surface area (TPSA) is 76.2 Å². The Labute approximate surface area is 75.7 Å². The Kier molecular flexibility index (Phi) is 2.76. The van der Waals surface area contributed by atoms with E-state index in [9.17, 15) is 4.79 Å². The number of hydrogen-bond donors (Lipinski definition) is 2. The first-order valence-corrected chi connectivity index (χ1v) is 3.73. The highest BCUT2D eigenvalue weighted by molar-refractivity contribution is 5.87. The quantitative estimate of drug-likeness (QED) is 0.676. The third-order valence-electron chi connectivity index (χ3n) is 1.65. The van der Waals surface area contributed by atoms with Crippen LogP contribution in [0.5, 0.6) is 0 Å². The van der Waals surface area contributed by atoms with Crippen molar-refractivity contribution in [3.8, 4) is 0 Å². The van der Waals surface area contributed by atoms with E-state index < -0.39 is 12.0 Å². The van der Waals surface area contributed by atoms with Crippen LogP contribution in [-0.2, 0) is 0 Å². The van der Waals surface area contributed by atoms with E-state index in [1.807, 2.05) is 0 Å². The minimum absolute atomic E-state index is 0.0186. The van der Waals surface area contributed by atoms with Crippen LogP contribution in [0.1, 0.15) is 22.1 Å². The van der Waals surface area contributed by atoms with Crippen molar-refractivity contribution in [2.75, 3.05) is 0 Å². The molecule has 1 aromatic rings. The molecule has 0 radical (unpaired) electrons. The van der Waals surface area contributed by atoms with Crippen molar-refractivity contribution < 1.29 is 9.90 Å². The van der Waals surface area contributed by atoms with Crippen LogP contribution in [-0.4, -0.2) is 16.1 Å². The Morgan fingerprint density at radius 3 is 3.00 bits per heavy atom. The van der Waals surface area contributed by atoms with Crippen LogP contribution in [0.2, 0.25) is 0 Å². The Morgan fingerprint density at radius 2 is 2.46 bits per heavy atom. The van der Waals surface area contributed by atoms with E-state index in [2.05, 4.69) is 11.6 Å².